The molecule has 0 amide bonds. The molecule has 1 N–H and O–H groups in total. The molecule has 2 rings (SSSR count). The summed E-state index contributed by atoms with van der Waals surface area (Å²) in [6.07, 6.45) is 3.72. The Morgan fingerprint density at radius 3 is 2.70 bits per heavy atom. The maximum atomic E-state index is 9.33. The molecule has 3 heteroatoms. The highest BCUT2D eigenvalue weighted by Gasteiger charge is 2.25. The summed E-state index contributed by atoms with van der Waals surface area (Å²) in [6, 6.07) is 8.85. The van der Waals surface area contributed by atoms with Gasteiger partial charge in [0, 0.05) is 18.6 Å². The molecule has 1 aliphatic rings. The number of likely N-dealkylation sites (N-methyl/N-ethyl adjacent to an activating group) is 2. The first kappa shape index (κ1) is 15.3. The highest BCUT2D eigenvalue weighted by Crippen LogP contribution is 2.19. The molecule has 1 heterocycles. The van der Waals surface area contributed by atoms with Gasteiger partial charge in [0.05, 0.1) is 0 Å². The van der Waals surface area contributed by atoms with Crippen molar-refractivity contribution < 1.29 is 5.11 Å². The summed E-state index contributed by atoms with van der Waals surface area (Å²) in [5, 5.41) is 9.33. The lowest BCUT2D eigenvalue weighted by Gasteiger charge is -2.31. The van der Waals surface area contributed by atoms with E-state index in [0.717, 1.165) is 19.0 Å². The molecule has 2 unspecified atom stereocenters. The number of hydrogen-bond acceptors (Lipinski definition) is 3. The minimum atomic E-state index is 0.347. The Labute approximate surface area is 123 Å². The second-order valence-corrected chi connectivity index (χ2v) is 6.08. The molecule has 0 saturated carbocycles. The van der Waals surface area contributed by atoms with Gasteiger partial charge in [-0.15, -0.1) is 0 Å². The number of hydrogen-bond donors (Lipinski definition) is 1. The average Bonchev–Trinajstić information content (AvgIpc) is 2.88. The van der Waals surface area contributed by atoms with Crippen LogP contribution in [0.4, 0.5) is 0 Å². The van der Waals surface area contributed by atoms with Gasteiger partial charge in [0.25, 0.3) is 0 Å². The summed E-state index contributed by atoms with van der Waals surface area (Å²) in [6.45, 7) is 8.15. The summed E-state index contributed by atoms with van der Waals surface area (Å²) in [5.74, 6) is 0.347. The van der Waals surface area contributed by atoms with E-state index < -0.39 is 0 Å². The number of nitrogens with zero attached hydrogens (tertiary/aromatic N) is 2. The normalized spacial score (nSPS) is 21.5. The molecule has 1 aromatic carbocycles. The third-order valence-electron chi connectivity index (χ3n) is 4.62. The number of rotatable bonds is 6. The van der Waals surface area contributed by atoms with Crippen LogP contribution in [0.2, 0.25) is 0 Å². The molecule has 0 spiro atoms. The maximum absolute atomic E-state index is 9.33. The fraction of sp³-hybridized carbons (Fsp3) is 0.647. The van der Waals surface area contributed by atoms with E-state index in [1.54, 1.807) is 12.1 Å². The SMILES string of the molecule is CCN1CCCC1CN(C)C(C)Cc1ccc(O)cc1. The first-order valence-electron chi connectivity index (χ1n) is 7.82. The van der Waals surface area contributed by atoms with Crippen LogP contribution in [0.25, 0.3) is 0 Å². The summed E-state index contributed by atoms with van der Waals surface area (Å²) < 4.78 is 0. The molecule has 2 atom stereocenters. The minimum absolute atomic E-state index is 0.347. The van der Waals surface area contributed by atoms with Crippen LogP contribution in [0.5, 0.6) is 5.75 Å². The van der Waals surface area contributed by atoms with E-state index in [9.17, 15) is 5.11 Å². The lowest BCUT2D eigenvalue weighted by molar-refractivity contribution is 0.169. The van der Waals surface area contributed by atoms with Gasteiger partial charge in [0.1, 0.15) is 5.75 Å². The van der Waals surface area contributed by atoms with Crippen LogP contribution in [0.1, 0.15) is 32.3 Å². The van der Waals surface area contributed by atoms with Crippen LogP contribution < -0.4 is 0 Å². The number of benzene rings is 1. The predicted octanol–water partition coefficient (Wildman–Crippen LogP) is 2.74. The lowest BCUT2D eigenvalue weighted by atomic mass is 10.1. The first-order chi connectivity index (χ1) is 9.60. The molecule has 0 aliphatic carbocycles. The monoisotopic (exact) mass is 276 g/mol. The zero-order valence-electron chi connectivity index (χ0n) is 13.0. The van der Waals surface area contributed by atoms with Crippen molar-refractivity contribution in [1.29, 1.82) is 0 Å². The molecular weight excluding hydrogens is 248 g/mol. The van der Waals surface area contributed by atoms with Crippen molar-refractivity contribution in [2.24, 2.45) is 0 Å². The van der Waals surface area contributed by atoms with E-state index in [0.29, 0.717) is 11.8 Å². The van der Waals surface area contributed by atoms with Gasteiger partial charge in [-0.3, -0.25) is 4.90 Å². The molecule has 112 valence electrons. The standard InChI is InChI=1S/C17H28N2O/c1-4-19-11-5-6-16(19)13-18(3)14(2)12-15-7-9-17(20)10-8-15/h7-10,14,16,20H,4-6,11-13H2,1-3H3. The van der Waals surface area contributed by atoms with Crippen LogP contribution in [0.15, 0.2) is 24.3 Å². The third kappa shape index (κ3) is 3.97. The molecule has 1 aliphatic heterocycles. The first-order valence-corrected chi connectivity index (χ1v) is 7.82. The predicted molar refractivity (Wildman–Crippen MR) is 84.2 cm³/mol. The second-order valence-electron chi connectivity index (χ2n) is 6.08. The van der Waals surface area contributed by atoms with Crippen molar-refractivity contribution >= 4 is 0 Å². The molecule has 1 aromatic rings. The van der Waals surface area contributed by atoms with E-state index >= 15 is 0 Å². The van der Waals surface area contributed by atoms with E-state index in [1.807, 2.05) is 12.1 Å². The van der Waals surface area contributed by atoms with Gasteiger partial charge >= 0.3 is 0 Å². The number of likely N-dealkylation sites (tertiary alicyclic amines) is 1. The Kier molecular flexibility index (Phi) is 5.44. The smallest absolute Gasteiger partial charge is 0.115 e. The molecule has 0 bridgehead atoms. The molecular formula is C17H28N2O. The minimum Gasteiger partial charge on any atom is -0.508 e. The van der Waals surface area contributed by atoms with Crippen molar-refractivity contribution in [2.45, 2.75) is 45.2 Å². The van der Waals surface area contributed by atoms with Gasteiger partial charge in [-0.2, -0.15) is 0 Å². The van der Waals surface area contributed by atoms with Crippen LogP contribution in [-0.2, 0) is 6.42 Å². The van der Waals surface area contributed by atoms with Crippen LogP contribution in [-0.4, -0.2) is 53.7 Å². The van der Waals surface area contributed by atoms with Gasteiger partial charge in [0.15, 0.2) is 0 Å². The second kappa shape index (κ2) is 7.09. The summed E-state index contributed by atoms with van der Waals surface area (Å²) in [7, 11) is 2.23. The Bertz CT molecular complexity index is 404. The Morgan fingerprint density at radius 1 is 1.35 bits per heavy atom. The number of phenols is 1. The third-order valence-corrected chi connectivity index (χ3v) is 4.62. The van der Waals surface area contributed by atoms with Gasteiger partial charge in [-0.25, -0.2) is 0 Å². The quantitative estimate of drug-likeness (QED) is 0.865. The molecule has 1 saturated heterocycles. The van der Waals surface area contributed by atoms with E-state index in [-0.39, 0.29) is 0 Å². The van der Waals surface area contributed by atoms with Crippen molar-refractivity contribution in [3.8, 4) is 5.75 Å². The lowest BCUT2D eigenvalue weighted by Crippen LogP contribution is -2.42. The molecule has 0 radical (unpaired) electrons. The maximum Gasteiger partial charge on any atom is 0.115 e. The van der Waals surface area contributed by atoms with Crippen molar-refractivity contribution in [2.75, 3.05) is 26.7 Å². The Hall–Kier alpha value is -1.06. The largest absolute Gasteiger partial charge is 0.508 e. The van der Waals surface area contributed by atoms with Gasteiger partial charge in [-0.1, -0.05) is 19.1 Å². The van der Waals surface area contributed by atoms with Gasteiger partial charge in [0.2, 0.25) is 0 Å². The summed E-state index contributed by atoms with van der Waals surface area (Å²) in [5.41, 5.74) is 1.29. The fourth-order valence-corrected chi connectivity index (χ4v) is 3.16. The van der Waals surface area contributed by atoms with Crippen molar-refractivity contribution in [3.63, 3.8) is 0 Å². The zero-order valence-corrected chi connectivity index (χ0v) is 13.0. The zero-order chi connectivity index (χ0) is 14.5. The molecule has 0 aromatic heterocycles. The highest BCUT2D eigenvalue weighted by atomic mass is 16.3. The van der Waals surface area contributed by atoms with Crippen molar-refractivity contribution in [3.05, 3.63) is 29.8 Å². The van der Waals surface area contributed by atoms with E-state index in [4.69, 9.17) is 0 Å². The Morgan fingerprint density at radius 2 is 2.05 bits per heavy atom. The fourth-order valence-electron chi connectivity index (χ4n) is 3.16. The van der Waals surface area contributed by atoms with Crippen LogP contribution >= 0.6 is 0 Å². The molecule has 1 fully saturated rings. The van der Waals surface area contributed by atoms with Gasteiger partial charge < -0.3 is 10.0 Å². The number of phenolic OH excluding ortho intramolecular Hbond substituents is 1. The highest BCUT2D eigenvalue weighted by molar-refractivity contribution is 5.26. The van der Waals surface area contributed by atoms with E-state index in [1.165, 1.54) is 31.5 Å². The van der Waals surface area contributed by atoms with Crippen LogP contribution in [0.3, 0.4) is 0 Å². The Balaban J connectivity index is 1.85. The molecule has 20 heavy (non-hydrogen) atoms. The average molecular weight is 276 g/mol. The van der Waals surface area contributed by atoms with Crippen molar-refractivity contribution in [1.82, 2.24) is 9.80 Å². The van der Waals surface area contributed by atoms with Gasteiger partial charge in [-0.05, 0) is 64.0 Å². The molecule has 3 nitrogen and oxygen atoms in total. The van der Waals surface area contributed by atoms with E-state index in [2.05, 4.69) is 30.7 Å². The summed E-state index contributed by atoms with van der Waals surface area (Å²) >= 11 is 0. The topological polar surface area (TPSA) is 26.7 Å². The number of aromatic hydroxyl groups is 1. The summed E-state index contributed by atoms with van der Waals surface area (Å²) in [4.78, 5) is 5.08. The van der Waals surface area contributed by atoms with Crippen LogP contribution in [0, 0.1) is 0 Å².